The Labute approximate surface area is 120 Å². The molecule has 0 spiro atoms. The number of anilines is 1. The van der Waals surface area contributed by atoms with E-state index >= 15 is 0 Å². The molecular weight excluding hydrogens is 255 g/mol. The first kappa shape index (κ1) is 13.7. The minimum absolute atomic E-state index is 0.260. The van der Waals surface area contributed by atoms with Gasteiger partial charge in [-0.25, -0.2) is 4.39 Å². The summed E-state index contributed by atoms with van der Waals surface area (Å²) in [6.07, 6.45) is 3.78. The molecule has 0 amide bonds. The third kappa shape index (κ3) is 3.06. The molecule has 1 saturated heterocycles. The first-order valence-corrected chi connectivity index (χ1v) is 7.68. The zero-order valence-electron chi connectivity index (χ0n) is 12.1. The standard InChI is InChI=1S/C16H23FN2O/c1-2-20-16-7-6-13(10-14(16)17)19-9-3-8-18-15(11-19)12-4-5-12/h6-7,10,12,15,18H,2-5,8-9,11H2,1H3. The molecule has 0 bridgehead atoms. The molecule has 1 unspecified atom stereocenters. The van der Waals surface area contributed by atoms with E-state index in [4.69, 9.17) is 4.74 Å². The summed E-state index contributed by atoms with van der Waals surface area (Å²) in [4.78, 5) is 2.31. The van der Waals surface area contributed by atoms with E-state index in [2.05, 4.69) is 10.2 Å². The summed E-state index contributed by atoms with van der Waals surface area (Å²) >= 11 is 0. The highest BCUT2D eigenvalue weighted by Gasteiger charge is 2.33. The van der Waals surface area contributed by atoms with Gasteiger partial charge in [-0.05, 0) is 50.8 Å². The molecule has 1 N–H and O–H groups in total. The molecule has 1 aliphatic heterocycles. The maximum absolute atomic E-state index is 14.0. The van der Waals surface area contributed by atoms with Crippen molar-refractivity contribution in [3.05, 3.63) is 24.0 Å². The second kappa shape index (κ2) is 6.00. The predicted octanol–water partition coefficient (Wildman–Crippen LogP) is 2.80. The third-order valence-corrected chi connectivity index (χ3v) is 4.20. The van der Waals surface area contributed by atoms with E-state index in [0.717, 1.165) is 37.7 Å². The summed E-state index contributed by atoms with van der Waals surface area (Å²) < 4.78 is 19.3. The number of benzene rings is 1. The van der Waals surface area contributed by atoms with Gasteiger partial charge in [-0.15, -0.1) is 0 Å². The Hall–Kier alpha value is -1.29. The number of rotatable bonds is 4. The normalized spacial score (nSPS) is 23.5. The molecule has 1 saturated carbocycles. The first-order valence-electron chi connectivity index (χ1n) is 7.68. The average Bonchev–Trinajstić information content (AvgIpc) is 3.27. The minimum atomic E-state index is -0.260. The van der Waals surface area contributed by atoms with Gasteiger partial charge in [0.05, 0.1) is 6.61 Å². The fraction of sp³-hybridized carbons (Fsp3) is 0.625. The molecule has 1 aliphatic carbocycles. The summed E-state index contributed by atoms with van der Waals surface area (Å²) in [6.45, 7) is 5.40. The lowest BCUT2D eigenvalue weighted by atomic mass is 10.1. The Bertz CT molecular complexity index is 462. The van der Waals surface area contributed by atoms with Crippen LogP contribution in [-0.4, -0.2) is 32.3 Å². The molecular formula is C16H23FN2O. The number of hydrogen-bond donors (Lipinski definition) is 1. The maximum atomic E-state index is 14.0. The molecule has 1 aromatic rings. The van der Waals surface area contributed by atoms with Crippen LogP contribution in [0.4, 0.5) is 10.1 Å². The molecule has 2 aliphatic rings. The highest BCUT2D eigenvalue weighted by Crippen LogP contribution is 2.34. The number of halogens is 1. The van der Waals surface area contributed by atoms with Crippen LogP contribution in [0.5, 0.6) is 5.75 Å². The third-order valence-electron chi connectivity index (χ3n) is 4.20. The van der Waals surface area contributed by atoms with Gasteiger partial charge in [0.25, 0.3) is 0 Å². The highest BCUT2D eigenvalue weighted by molar-refractivity contribution is 5.50. The van der Waals surface area contributed by atoms with E-state index in [-0.39, 0.29) is 5.82 Å². The van der Waals surface area contributed by atoms with Crippen LogP contribution in [0.1, 0.15) is 26.2 Å². The van der Waals surface area contributed by atoms with Crippen LogP contribution in [0.25, 0.3) is 0 Å². The summed E-state index contributed by atoms with van der Waals surface area (Å²) in [6, 6.07) is 5.90. The van der Waals surface area contributed by atoms with Crippen molar-refractivity contribution in [3.8, 4) is 5.75 Å². The molecule has 1 atom stereocenters. The summed E-state index contributed by atoms with van der Waals surface area (Å²) in [5, 5.41) is 3.63. The van der Waals surface area contributed by atoms with Crippen LogP contribution < -0.4 is 15.0 Å². The monoisotopic (exact) mass is 278 g/mol. The SMILES string of the molecule is CCOc1ccc(N2CCCNC(C3CC3)C2)cc1F. The largest absolute Gasteiger partial charge is 0.491 e. The molecule has 1 aromatic carbocycles. The Balaban J connectivity index is 1.74. The number of nitrogens with zero attached hydrogens (tertiary/aromatic N) is 1. The Morgan fingerprint density at radius 1 is 1.40 bits per heavy atom. The van der Waals surface area contributed by atoms with E-state index in [9.17, 15) is 4.39 Å². The van der Waals surface area contributed by atoms with Crippen LogP contribution >= 0.6 is 0 Å². The molecule has 1 heterocycles. The van der Waals surface area contributed by atoms with Crippen molar-refractivity contribution in [2.24, 2.45) is 5.92 Å². The second-order valence-corrected chi connectivity index (χ2v) is 5.75. The number of nitrogens with one attached hydrogen (secondary N) is 1. The lowest BCUT2D eigenvalue weighted by Crippen LogP contribution is -2.39. The van der Waals surface area contributed by atoms with Gasteiger partial charge in [0.15, 0.2) is 11.6 Å². The van der Waals surface area contributed by atoms with Crippen molar-refractivity contribution in [1.29, 1.82) is 0 Å². The molecule has 20 heavy (non-hydrogen) atoms. The van der Waals surface area contributed by atoms with Gasteiger partial charge in [-0.2, -0.15) is 0 Å². The van der Waals surface area contributed by atoms with Gasteiger partial charge >= 0.3 is 0 Å². The lowest BCUT2D eigenvalue weighted by molar-refractivity contribution is 0.321. The van der Waals surface area contributed by atoms with Crippen molar-refractivity contribution in [3.63, 3.8) is 0 Å². The van der Waals surface area contributed by atoms with E-state index in [1.165, 1.54) is 12.8 Å². The highest BCUT2D eigenvalue weighted by atomic mass is 19.1. The van der Waals surface area contributed by atoms with Gasteiger partial charge in [0.1, 0.15) is 0 Å². The predicted molar refractivity (Wildman–Crippen MR) is 78.9 cm³/mol. The van der Waals surface area contributed by atoms with Crippen molar-refractivity contribution in [2.75, 3.05) is 31.1 Å². The zero-order valence-corrected chi connectivity index (χ0v) is 12.1. The first-order chi connectivity index (χ1) is 9.78. The van der Waals surface area contributed by atoms with E-state index in [0.29, 0.717) is 18.4 Å². The summed E-state index contributed by atoms with van der Waals surface area (Å²) in [5.74, 6) is 0.913. The summed E-state index contributed by atoms with van der Waals surface area (Å²) in [5.41, 5.74) is 0.973. The quantitative estimate of drug-likeness (QED) is 0.916. The molecule has 0 radical (unpaired) electrons. The van der Waals surface area contributed by atoms with Crippen LogP contribution in [0.3, 0.4) is 0 Å². The summed E-state index contributed by atoms with van der Waals surface area (Å²) in [7, 11) is 0. The number of ether oxygens (including phenoxy) is 1. The fourth-order valence-electron chi connectivity index (χ4n) is 2.96. The molecule has 0 aromatic heterocycles. The lowest BCUT2D eigenvalue weighted by Gasteiger charge is -2.26. The fourth-order valence-corrected chi connectivity index (χ4v) is 2.96. The maximum Gasteiger partial charge on any atom is 0.167 e. The zero-order chi connectivity index (χ0) is 13.9. The molecule has 3 rings (SSSR count). The van der Waals surface area contributed by atoms with Gasteiger partial charge < -0.3 is 15.0 Å². The molecule has 2 fully saturated rings. The van der Waals surface area contributed by atoms with Gasteiger partial charge in [0, 0.05) is 30.9 Å². The van der Waals surface area contributed by atoms with Crippen LogP contribution in [0, 0.1) is 11.7 Å². The van der Waals surface area contributed by atoms with Crippen molar-refractivity contribution >= 4 is 5.69 Å². The van der Waals surface area contributed by atoms with E-state index < -0.39 is 0 Å². The van der Waals surface area contributed by atoms with Gasteiger partial charge in [-0.3, -0.25) is 0 Å². The van der Waals surface area contributed by atoms with Gasteiger partial charge in [0.2, 0.25) is 0 Å². The van der Waals surface area contributed by atoms with Crippen molar-refractivity contribution < 1.29 is 9.13 Å². The topological polar surface area (TPSA) is 24.5 Å². The second-order valence-electron chi connectivity index (χ2n) is 5.75. The Kier molecular flexibility index (Phi) is 4.10. The molecule has 3 nitrogen and oxygen atoms in total. The molecule has 4 heteroatoms. The van der Waals surface area contributed by atoms with Gasteiger partial charge in [-0.1, -0.05) is 0 Å². The number of hydrogen-bond acceptors (Lipinski definition) is 3. The van der Waals surface area contributed by atoms with E-state index in [1.807, 2.05) is 13.0 Å². The van der Waals surface area contributed by atoms with E-state index in [1.54, 1.807) is 12.1 Å². The molecule has 110 valence electrons. The average molecular weight is 278 g/mol. The van der Waals surface area contributed by atoms with Crippen molar-refractivity contribution in [2.45, 2.75) is 32.2 Å². The van der Waals surface area contributed by atoms with Crippen LogP contribution in [0.15, 0.2) is 18.2 Å². The van der Waals surface area contributed by atoms with Crippen LogP contribution in [0.2, 0.25) is 0 Å². The van der Waals surface area contributed by atoms with Crippen molar-refractivity contribution in [1.82, 2.24) is 5.32 Å². The Morgan fingerprint density at radius 2 is 2.25 bits per heavy atom. The smallest absolute Gasteiger partial charge is 0.167 e. The minimum Gasteiger partial charge on any atom is -0.491 e. The van der Waals surface area contributed by atoms with Crippen LogP contribution in [-0.2, 0) is 0 Å². The Morgan fingerprint density at radius 3 is 2.95 bits per heavy atom.